The highest BCUT2D eigenvalue weighted by Gasteiger charge is 2.25. The Morgan fingerprint density at radius 3 is 2.35 bits per heavy atom. The number of amides is 1. The van der Waals surface area contributed by atoms with Gasteiger partial charge in [0.2, 0.25) is 0 Å². The summed E-state index contributed by atoms with van der Waals surface area (Å²) in [7, 11) is 1.18. The molecule has 0 saturated heterocycles. The zero-order valence-electron chi connectivity index (χ0n) is 19.4. The van der Waals surface area contributed by atoms with Crippen LogP contribution in [0.25, 0.3) is 22.0 Å². The van der Waals surface area contributed by atoms with E-state index in [0.29, 0.717) is 16.7 Å². The van der Waals surface area contributed by atoms with Crippen molar-refractivity contribution in [1.82, 2.24) is 10.3 Å². The summed E-state index contributed by atoms with van der Waals surface area (Å²) in [6.45, 7) is 0. The van der Waals surface area contributed by atoms with Gasteiger partial charge in [0.05, 0.1) is 23.2 Å². The third-order valence-electron chi connectivity index (χ3n) is 5.69. The molecule has 1 unspecified atom stereocenters. The van der Waals surface area contributed by atoms with E-state index in [2.05, 4.69) is 10.3 Å². The summed E-state index contributed by atoms with van der Waals surface area (Å²) in [4.78, 5) is 41.7. The number of carboxylic acid groups (broad SMARTS) is 1. The second-order valence-electron chi connectivity index (χ2n) is 8.14. The van der Waals surface area contributed by atoms with Crippen molar-refractivity contribution in [3.63, 3.8) is 0 Å². The zero-order chi connectivity index (χ0) is 26.7. The number of carbonyl (C=O) groups excluding carboxylic acids is 2. The van der Waals surface area contributed by atoms with Crippen LogP contribution in [0.3, 0.4) is 0 Å². The molecule has 8 nitrogen and oxygen atoms in total. The van der Waals surface area contributed by atoms with Gasteiger partial charge in [0, 0.05) is 11.8 Å². The molecule has 0 bridgehead atoms. The molecule has 0 radical (unpaired) electrons. The van der Waals surface area contributed by atoms with Gasteiger partial charge in [-0.3, -0.25) is 4.79 Å². The van der Waals surface area contributed by atoms with Crippen molar-refractivity contribution in [2.75, 3.05) is 7.11 Å². The van der Waals surface area contributed by atoms with Crippen molar-refractivity contribution >= 4 is 40.3 Å². The molecule has 3 aromatic carbocycles. The highest BCUT2D eigenvalue weighted by Crippen LogP contribution is 2.29. The number of benzene rings is 3. The predicted molar refractivity (Wildman–Crippen MR) is 134 cm³/mol. The summed E-state index contributed by atoms with van der Waals surface area (Å²) >= 11 is 5.88. The van der Waals surface area contributed by atoms with Gasteiger partial charge in [-0.15, -0.1) is 0 Å². The topological polar surface area (TPSA) is 126 Å². The Kier molecular flexibility index (Phi) is 7.35. The lowest BCUT2D eigenvalue weighted by Crippen LogP contribution is -2.43. The number of fused-ring (bicyclic) bond motifs is 1. The van der Waals surface area contributed by atoms with E-state index in [0.717, 1.165) is 6.07 Å². The number of phenolic OH excluding ortho intramolecular Hbond substituents is 1. The lowest BCUT2D eigenvalue weighted by Gasteiger charge is -2.17. The molecule has 1 atom stereocenters. The molecule has 4 rings (SSSR count). The molecule has 10 heteroatoms. The van der Waals surface area contributed by atoms with E-state index in [4.69, 9.17) is 16.3 Å². The summed E-state index contributed by atoms with van der Waals surface area (Å²) in [6.07, 6.45) is 0.0711. The second kappa shape index (κ2) is 10.6. The Labute approximate surface area is 215 Å². The van der Waals surface area contributed by atoms with Gasteiger partial charge >= 0.3 is 11.9 Å². The van der Waals surface area contributed by atoms with Crippen LogP contribution in [0.1, 0.15) is 26.4 Å². The number of pyridine rings is 1. The highest BCUT2D eigenvalue weighted by molar-refractivity contribution is 6.31. The number of esters is 1. The number of hydrogen-bond acceptors (Lipinski definition) is 6. The number of halogens is 2. The number of carbonyl (C=O) groups is 3. The zero-order valence-corrected chi connectivity index (χ0v) is 20.1. The molecule has 0 aliphatic rings. The molecular weight excluding hydrogens is 503 g/mol. The van der Waals surface area contributed by atoms with E-state index in [1.807, 2.05) is 0 Å². The fourth-order valence-corrected chi connectivity index (χ4v) is 3.99. The maximum atomic E-state index is 13.6. The first-order chi connectivity index (χ1) is 17.7. The molecule has 188 valence electrons. The maximum Gasteiger partial charge on any atom is 0.336 e. The van der Waals surface area contributed by atoms with Crippen molar-refractivity contribution in [2.45, 2.75) is 12.5 Å². The van der Waals surface area contributed by atoms with E-state index in [-0.39, 0.29) is 39.4 Å². The van der Waals surface area contributed by atoms with Gasteiger partial charge < -0.3 is 20.3 Å². The van der Waals surface area contributed by atoms with Crippen LogP contribution in [0.5, 0.6) is 5.75 Å². The first-order valence-corrected chi connectivity index (χ1v) is 11.3. The van der Waals surface area contributed by atoms with Crippen LogP contribution in [-0.2, 0) is 16.0 Å². The monoisotopic (exact) mass is 522 g/mol. The molecule has 0 fully saturated rings. The average molecular weight is 523 g/mol. The summed E-state index contributed by atoms with van der Waals surface area (Å²) in [5.74, 6) is -3.29. The van der Waals surface area contributed by atoms with Crippen molar-refractivity contribution in [3.8, 4) is 16.9 Å². The van der Waals surface area contributed by atoms with Crippen LogP contribution in [-0.4, -0.2) is 46.2 Å². The molecule has 1 amide bonds. The Morgan fingerprint density at radius 1 is 1.03 bits per heavy atom. The highest BCUT2D eigenvalue weighted by atomic mass is 35.5. The number of phenols is 1. The van der Waals surface area contributed by atoms with Crippen LogP contribution in [0.4, 0.5) is 4.39 Å². The number of nitrogens with one attached hydrogen (secondary N) is 1. The molecule has 4 aromatic rings. The Morgan fingerprint density at radius 2 is 1.70 bits per heavy atom. The fraction of sp³-hybridized carbons (Fsp3) is 0.111. The molecule has 37 heavy (non-hydrogen) atoms. The molecule has 0 spiro atoms. The van der Waals surface area contributed by atoms with Gasteiger partial charge in [0.25, 0.3) is 5.91 Å². The summed E-state index contributed by atoms with van der Waals surface area (Å²) in [5, 5.41) is 22.0. The first kappa shape index (κ1) is 25.6. The number of aromatic hydroxyl groups is 1. The van der Waals surface area contributed by atoms with Crippen molar-refractivity contribution in [1.29, 1.82) is 0 Å². The minimum absolute atomic E-state index is 0.0506. The van der Waals surface area contributed by atoms with Crippen molar-refractivity contribution in [2.24, 2.45) is 0 Å². The lowest BCUT2D eigenvalue weighted by atomic mass is 10.00. The fourth-order valence-electron chi connectivity index (χ4n) is 3.81. The molecular formula is C27H20ClFN2O6. The van der Waals surface area contributed by atoms with Gasteiger partial charge in [-0.1, -0.05) is 35.9 Å². The van der Waals surface area contributed by atoms with E-state index >= 15 is 0 Å². The van der Waals surface area contributed by atoms with E-state index in [1.54, 1.807) is 30.3 Å². The molecule has 0 aliphatic heterocycles. The number of nitrogens with zero attached hydrogens (tertiary/aromatic N) is 1. The second-order valence-corrected chi connectivity index (χ2v) is 8.55. The first-order valence-electron chi connectivity index (χ1n) is 11.0. The number of ether oxygens (including phenoxy) is 1. The number of hydrogen-bond donors (Lipinski definition) is 3. The average Bonchev–Trinajstić information content (AvgIpc) is 2.89. The standard InChI is InChI=1S/C27H20ClFN2O6/c1-37-27(36)24(10-14-2-6-17(32)7-3-14)31-25(33)23-13-19(26(34)35)18-11-15(5-9-22(18)30-23)16-4-8-21(29)20(28)12-16/h2-9,11-13,24,32H,10H2,1H3,(H,31,33)(H,34,35). The summed E-state index contributed by atoms with van der Waals surface area (Å²) in [6, 6.07) is 15.0. The van der Waals surface area contributed by atoms with Gasteiger partial charge in [0.1, 0.15) is 23.3 Å². The molecule has 0 aliphatic carbocycles. The number of aromatic nitrogens is 1. The van der Waals surface area contributed by atoms with E-state index < -0.39 is 29.7 Å². The summed E-state index contributed by atoms with van der Waals surface area (Å²) in [5.41, 5.74) is 1.65. The normalized spacial score (nSPS) is 11.6. The van der Waals surface area contributed by atoms with Gasteiger partial charge in [-0.05, 0) is 59.2 Å². The van der Waals surface area contributed by atoms with E-state index in [9.17, 15) is 29.0 Å². The number of rotatable bonds is 7. The minimum atomic E-state index is -1.29. The summed E-state index contributed by atoms with van der Waals surface area (Å²) < 4.78 is 18.4. The molecule has 1 aromatic heterocycles. The third-order valence-corrected chi connectivity index (χ3v) is 5.98. The van der Waals surface area contributed by atoms with Crippen LogP contribution < -0.4 is 5.32 Å². The van der Waals surface area contributed by atoms with Crippen LogP contribution in [0, 0.1) is 5.82 Å². The van der Waals surface area contributed by atoms with E-state index in [1.165, 1.54) is 37.4 Å². The van der Waals surface area contributed by atoms with Gasteiger partial charge in [-0.2, -0.15) is 0 Å². The SMILES string of the molecule is COC(=O)C(Cc1ccc(O)cc1)NC(=O)c1cc(C(=O)O)c2cc(-c3ccc(F)c(Cl)c3)ccc2n1. The molecule has 1 heterocycles. The van der Waals surface area contributed by atoms with Crippen molar-refractivity contribution in [3.05, 3.63) is 94.4 Å². The largest absolute Gasteiger partial charge is 0.508 e. The quantitative estimate of drug-likeness (QED) is 0.302. The van der Waals surface area contributed by atoms with Crippen LogP contribution >= 0.6 is 11.6 Å². The third kappa shape index (κ3) is 5.68. The lowest BCUT2D eigenvalue weighted by molar-refractivity contribution is -0.142. The van der Waals surface area contributed by atoms with Crippen LogP contribution in [0.15, 0.2) is 66.7 Å². The molecule has 3 N–H and O–H groups in total. The number of methoxy groups -OCH3 is 1. The minimum Gasteiger partial charge on any atom is -0.508 e. The number of carboxylic acids is 1. The Balaban J connectivity index is 1.68. The Hall–Kier alpha value is -4.50. The van der Waals surface area contributed by atoms with Crippen LogP contribution in [0.2, 0.25) is 5.02 Å². The van der Waals surface area contributed by atoms with Gasteiger partial charge in [-0.25, -0.2) is 19.0 Å². The maximum absolute atomic E-state index is 13.6. The smallest absolute Gasteiger partial charge is 0.336 e. The predicted octanol–water partition coefficient (Wildman–Crippen LogP) is 4.61. The van der Waals surface area contributed by atoms with Gasteiger partial charge in [0.15, 0.2) is 0 Å². The number of aromatic carboxylic acids is 1. The Bertz CT molecular complexity index is 1520. The molecule has 0 saturated carbocycles. The van der Waals surface area contributed by atoms with Crippen molar-refractivity contribution < 1.29 is 33.7 Å².